The van der Waals surface area contributed by atoms with Crippen LogP contribution in [-0.4, -0.2) is 35.0 Å². The van der Waals surface area contributed by atoms with Crippen LogP contribution in [-0.2, 0) is 4.74 Å². The molecule has 0 atom stereocenters. The lowest BCUT2D eigenvalue weighted by molar-refractivity contribution is 0.0455. The van der Waals surface area contributed by atoms with Crippen LogP contribution in [0.25, 0.3) is 10.9 Å². The first-order chi connectivity index (χ1) is 8.86. The van der Waals surface area contributed by atoms with E-state index in [1.165, 1.54) is 0 Å². The van der Waals surface area contributed by atoms with Gasteiger partial charge in [-0.25, -0.2) is 9.97 Å². The van der Waals surface area contributed by atoms with Crippen LogP contribution in [0.4, 0.5) is 5.95 Å². The van der Waals surface area contributed by atoms with Crippen LogP contribution in [0.3, 0.4) is 0 Å². The Morgan fingerprint density at radius 1 is 1.33 bits per heavy atom. The summed E-state index contributed by atoms with van der Waals surface area (Å²) >= 11 is 1.78. The number of nitrogens with one attached hydrogen (secondary N) is 1. The van der Waals surface area contributed by atoms with Gasteiger partial charge < -0.3 is 10.1 Å². The van der Waals surface area contributed by atoms with E-state index in [0.29, 0.717) is 11.2 Å². The summed E-state index contributed by atoms with van der Waals surface area (Å²) in [5, 5.41) is 5.88. The second-order valence-corrected chi connectivity index (χ2v) is 5.47. The number of ether oxygens (including phenoxy) is 1. The summed E-state index contributed by atoms with van der Waals surface area (Å²) < 4.78 is 5.22. The summed E-state index contributed by atoms with van der Waals surface area (Å²) in [4.78, 5) is 9.11. The molecule has 0 unspecified atom stereocenters. The standard InChI is InChI=1S/C13H15N3OS/c1-2-14-13-15-11-6-4-3-5-10(11)12(16-13)18-9-7-17-8-9/h3-6,9H,2,7-8H2,1H3,(H,14,15,16). The minimum absolute atomic E-state index is 0.526. The van der Waals surface area contributed by atoms with Gasteiger partial charge in [0.1, 0.15) is 5.03 Å². The Labute approximate surface area is 110 Å². The van der Waals surface area contributed by atoms with Crippen LogP contribution in [0.1, 0.15) is 6.92 Å². The summed E-state index contributed by atoms with van der Waals surface area (Å²) in [7, 11) is 0. The molecule has 1 aromatic carbocycles. The maximum absolute atomic E-state index is 5.22. The number of aromatic nitrogens is 2. The number of nitrogens with zero attached hydrogens (tertiary/aromatic N) is 2. The molecule has 94 valence electrons. The zero-order valence-corrected chi connectivity index (χ0v) is 11.0. The van der Waals surface area contributed by atoms with Crippen LogP contribution >= 0.6 is 11.8 Å². The van der Waals surface area contributed by atoms with E-state index in [2.05, 4.69) is 21.4 Å². The Balaban J connectivity index is 2.01. The minimum atomic E-state index is 0.526. The van der Waals surface area contributed by atoms with Gasteiger partial charge in [-0.15, -0.1) is 0 Å². The molecule has 0 radical (unpaired) electrons. The lowest BCUT2D eigenvalue weighted by Crippen LogP contribution is -2.30. The molecule has 1 aliphatic heterocycles. The topological polar surface area (TPSA) is 47.0 Å². The Morgan fingerprint density at radius 2 is 2.17 bits per heavy atom. The average molecular weight is 261 g/mol. The van der Waals surface area contributed by atoms with Gasteiger partial charge >= 0.3 is 0 Å². The van der Waals surface area contributed by atoms with Gasteiger partial charge in [-0.05, 0) is 13.0 Å². The Morgan fingerprint density at radius 3 is 2.89 bits per heavy atom. The molecule has 3 rings (SSSR count). The second kappa shape index (κ2) is 5.12. The van der Waals surface area contributed by atoms with Gasteiger partial charge in [-0.3, -0.25) is 0 Å². The van der Waals surface area contributed by atoms with E-state index < -0.39 is 0 Å². The van der Waals surface area contributed by atoms with E-state index in [9.17, 15) is 0 Å². The molecule has 5 heteroatoms. The predicted octanol–water partition coefficient (Wildman–Crippen LogP) is 2.55. The fourth-order valence-electron chi connectivity index (χ4n) is 1.81. The smallest absolute Gasteiger partial charge is 0.224 e. The SMILES string of the molecule is CCNc1nc(SC2COC2)c2ccccc2n1. The summed E-state index contributed by atoms with van der Waals surface area (Å²) in [6, 6.07) is 8.14. The molecule has 2 heterocycles. The van der Waals surface area contributed by atoms with E-state index in [0.717, 1.165) is 35.7 Å². The number of fused-ring (bicyclic) bond motifs is 1. The number of hydrogen-bond donors (Lipinski definition) is 1. The van der Waals surface area contributed by atoms with E-state index in [4.69, 9.17) is 4.74 Å². The molecule has 0 aliphatic carbocycles. The van der Waals surface area contributed by atoms with E-state index in [1.807, 2.05) is 25.1 Å². The summed E-state index contributed by atoms with van der Waals surface area (Å²) in [5.74, 6) is 0.707. The van der Waals surface area contributed by atoms with Crippen LogP contribution in [0.5, 0.6) is 0 Å². The summed E-state index contributed by atoms with van der Waals surface area (Å²) in [5.41, 5.74) is 0.992. The lowest BCUT2D eigenvalue weighted by Gasteiger charge is -2.25. The minimum Gasteiger partial charge on any atom is -0.379 e. The van der Waals surface area contributed by atoms with Crippen molar-refractivity contribution in [1.29, 1.82) is 0 Å². The Bertz CT molecular complexity index is 557. The molecule has 2 aromatic rings. The first kappa shape index (κ1) is 11.7. The molecule has 1 aliphatic rings. The Kier molecular flexibility index (Phi) is 3.34. The van der Waals surface area contributed by atoms with Gasteiger partial charge in [0.2, 0.25) is 5.95 Å². The first-order valence-electron chi connectivity index (χ1n) is 6.12. The number of hydrogen-bond acceptors (Lipinski definition) is 5. The van der Waals surface area contributed by atoms with Gasteiger partial charge in [-0.2, -0.15) is 0 Å². The Hall–Kier alpha value is -1.33. The van der Waals surface area contributed by atoms with Crippen LogP contribution in [0.15, 0.2) is 29.3 Å². The number of thioether (sulfide) groups is 1. The first-order valence-corrected chi connectivity index (χ1v) is 7.00. The fraction of sp³-hybridized carbons (Fsp3) is 0.385. The number of benzene rings is 1. The van der Waals surface area contributed by atoms with Crippen molar-refractivity contribution in [3.8, 4) is 0 Å². The largest absolute Gasteiger partial charge is 0.379 e. The zero-order chi connectivity index (χ0) is 12.4. The molecule has 0 amide bonds. The summed E-state index contributed by atoms with van der Waals surface area (Å²) in [6.45, 7) is 4.51. The molecular weight excluding hydrogens is 246 g/mol. The van der Waals surface area contributed by atoms with Gasteiger partial charge in [0.25, 0.3) is 0 Å². The highest BCUT2D eigenvalue weighted by Gasteiger charge is 2.21. The lowest BCUT2D eigenvalue weighted by atomic mass is 10.2. The molecule has 0 spiro atoms. The molecule has 1 saturated heterocycles. The van der Waals surface area contributed by atoms with Crippen molar-refractivity contribution in [2.75, 3.05) is 25.1 Å². The molecule has 4 nitrogen and oxygen atoms in total. The molecule has 0 saturated carbocycles. The van der Waals surface area contributed by atoms with Crippen molar-refractivity contribution in [3.05, 3.63) is 24.3 Å². The van der Waals surface area contributed by atoms with Crippen molar-refractivity contribution >= 4 is 28.6 Å². The van der Waals surface area contributed by atoms with Crippen molar-refractivity contribution in [1.82, 2.24) is 9.97 Å². The maximum atomic E-state index is 5.22. The molecular formula is C13H15N3OS. The molecule has 1 N–H and O–H groups in total. The van der Waals surface area contributed by atoms with Crippen molar-refractivity contribution in [2.24, 2.45) is 0 Å². The third kappa shape index (κ3) is 2.28. The number of para-hydroxylation sites is 1. The number of rotatable bonds is 4. The predicted molar refractivity (Wildman–Crippen MR) is 74.2 cm³/mol. The van der Waals surface area contributed by atoms with Crippen molar-refractivity contribution in [3.63, 3.8) is 0 Å². The third-order valence-electron chi connectivity index (χ3n) is 2.79. The molecule has 18 heavy (non-hydrogen) atoms. The van der Waals surface area contributed by atoms with Crippen molar-refractivity contribution < 1.29 is 4.74 Å². The van der Waals surface area contributed by atoms with Crippen LogP contribution in [0.2, 0.25) is 0 Å². The van der Waals surface area contributed by atoms with Crippen LogP contribution < -0.4 is 5.32 Å². The fourth-order valence-corrected chi connectivity index (χ4v) is 2.90. The highest BCUT2D eigenvalue weighted by molar-refractivity contribution is 8.00. The van der Waals surface area contributed by atoms with E-state index in [-0.39, 0.29) is 0 Å². The van der Waals surface area contributed by atoms with Gasteiger partial charge in [0.05, 0.1) is 24.0 Å². The van der Waals surface area contributed by atoms with E-state index >= 15 is 0 Å². The van der Waals surface area contributed by atoms with Crippen LogP contribution in [0, 0.1) is 0 Å². The van der Waals surface area contributed by atoms with Gasteiger partial charge in [0.15, 0.2) is 0 Å². The van der Waals surface area contributed by atoms with Gasteiger partial charge in [-0.1, -0.05) is 30.0 Å². The summed E-state index contributed by atoms with van der Waals surface area (Å²) in [6.07, 6.45) is 0. The molecule has 1 aromatic heterocycles. The monoisotopic (exact) mass is 261 g/mol. The molecule has 0 bridgehead atoms. The van der Waals surface area contributed by atoms with Gasteiger partial charge in [0, 0.05) is 11.9 Å². The van der Waals surface area contributed by atoms with E-state index in [1.54, 1.807) is 11.8 Å². The zero-order valence-electron chi connectivity index (χ0n) is 10.2. The number of anilines is 1. The third-order valence-corrected chi connectivity index (χ3v) is 3.93. The van der Waals surface area contributed by atoms with Crippen molar-refractivity contribution in [2.45, 2.75) is 17.2 Å². The molecule has 1 fully saturated rings. The maximum Gasteiger partial charge on any atom is 0.224 e. The second-order valence-electron chi connectivity index (χ2n) is 4.18. The highest BCUT2D eigenvalue weighted by atomic mass is 32.2. The normalized spacial score (nSPS) is 15.6. The quantitative estimate of drug-likeness (QED) is 0.857. The highest BCUT2D eigenvalue weighted by Crippen LogP contribution is 2.32. The average Bonchev–Trinajstić information content (AvgIpc) is 2.34.